The Bertz CT molecular complexity index is 1590. The lowest BCUT2D eigenvalue weighted by molar-refractivity contribution is -0.137. The molecule has 6 rings (SSSR count). The molecule has 0 bridgehead atoms. The van der Waals surface area contributed by atoms with Gasteiger partial charge in [-0.25, -0.2) is 24.9 Å². The van der Waals surface area contributed by atoms with Crippen molar-refractivity contribution < 1.29 is 14.3 Å². The molecule has 1 amide bonds. The minimum Gasteiger partial charge on any atom is -0.465 e. The lowest BCUT2D eigenvalue weighted by Crippen LogP contribution is -2.49. The topological polar surface area (TPSA) is 126 Å². The van der Waals surface area contributed by atoms with Crippen molar-refractivity contribution in [3.8, 4) is 11.5 Å². The fourth-order valence-electron chi connectivity index (χ4n) is 5.02. The molecule has 1 N–H and O–H groups in total. The zero-order valence-corrected chi connectivity index (χ0v) is 24.7. The van der Waals surface area contributed by atoms with Crippen LogP contribution in [0.1, 0.15) is 23.5 Å². The van der Waals surface area contributed by atoms with E-state index in [1.165, 1.54) is 11.8 Å². The number of benzene rings is 1. The standard InChI is InChI=1S/C31H32N8O3S/c1-21-3-2-4-24(34-21)30-33-13-10-27(37-30)35-26-9-12-32-28(36-26)19-22-5-7-23(8-6-22)38-14-16-39(17-15-38)29(40)20-43-25-11-18-42-31(25)41/h2-10,12-13,25H,11,14-20H2,1H3,(H,32,33,35,36,37). The van der Waals surface area contributed by atoms with Crippen LogP contribution >= 0.6 is 11.8 Å². The second kappa shape index (κ2) is 13.2. The van der Waals surface area contributed by atoms with Crippen molar-refractivity contribution in [3.05, 3.63) is 84.1 Å². The van der Waals surface area contributed by atoms with Crippen molar-refractivity contribution in [2.45, 2.75) is 25.0 Å². The van der Waals surface area contributed by atoms with Gasteiger partial charge in [-0.3, -0.25) is 9.59 Å². The molecule has 1 atom stereocenters. The molecule has 0 spiro atoms. The zero-order valence-electron chi connectivity index (χ0n) is 23.8. The lowest BCUT2D eigenvalue weighted by atomic mass is 10.1. The first-order chi connectivity index (χ1) is 21.0. The first kappa shape index (κ1) is 28.5. The van der Waals surface area contributed by atoms with Crippen LogP contribution in [0.5, 0.6) is 0 Å². The van der Waals surface area contributed by atoms with Gasteiger partial charge in [0.2, 0.25) is 5.91 Å². The van der Waals surface area contributed by atoms with E-state index in [0.29, 0.717) is 67.3 Å². The van der Waals surface area contributed by atoms with E-state index in [4.69, 9.17) is 4.74 Å². The number of carbonyl (C=O) groups is 2. The summed E-state index contributed by atoms with van der Waals surface area (Å²) in [6.45, 7) is 5.26. The molecule has 3 aromatic heterocycles. The molecule has 2 saturated heterocycles. The summed E-state index contributed by atoms with van der Waals surface area (Å²) in [5, 5.41) is 3.05. The van der Waals surface area contributed by atoms with Crippen LogP contribution in [0.15, 0.2) is 67.0 Å². The van der Waals surface area contributed by atoms with Crippen LogP contribution in [0.2, 0.25) is 0 Å². The predicted molar refractivity (Wildman–Crippen MR) is 165 cm³/mol. The number of thioether (sulfide) groups is 1. The van der Waals surface area contributed by atoms with Gasteiger partial charge in [-0.15, -0.1) is 11.8 Å². The fourth-order valence-corrected chi connectivity index (χ4v) is 6.01. The summed E-state index contributed by atoms with van der Waals surface area (Å²) < 4.78 is 4.99. The largest absolute Gasteiger partial charge is 0.465 e. The van der Waals surface area contributed by atoms with Crippen molar-refractivity contribution in [2.75, 3.05) is 48.8 Å². The van der Waals surface area contributed by atoms with Gasteiger partial charge in [0, 0.05) is 62.8 Å². The molecule has 220 valence electrons. The number of aromatic nitrogens is 5. The van der Waals surface area contributed by atoms with E-state index in [1.807, 2.05) is 36.1 Å². The minimum absolute atomic E-state index is 0.0832. The molecule has 2 fully saturated rings. The van der Waals surface area contributed by atoms with E-state index in [-0.39, 0.29) is 17.1 Å². The summed E-state index contributed by atoms with van der Waals surface area (Å²) in [5.74, 6) is 2.72. The summed E-state index contributed by atoms with van der Waals surface area (Å²) in [4.78, 5) is 51.1. The number of amides is 1. The maximum absolute atomic E-state index is 12.6. The van der Waals surface area contributed by atoms with Crippen molar-refractivity contribution in [2.24, 2.45) is 0 Å². The molecule has 1 unspecified atom stereocenters. The van der Waals surface area contributed by atoms with Gasteiger partial charge in [0.15, 0.2) is 5.82 Å². The van der Waals surface area contributed by atoms with Crippen molar-refractivity contribution >= 4 is 41.0 Å². The Kier molecular flexibility index (Phi) is 8.73. The second-order valence-corrected chi connectivity index (χ2v) is 11.6. The average Bonchev–Trinajstić information content (AvgIpc) is 3.45. The summed E-state index contributed by atoms with van der Waals surface area (Å²) in [7, 11) is 0. The molecule has 2 aliphatic rings. The van der Waals surface area contributed by atoms with Crippen LogP contribution < -0.4 is 10.2 Å². The molecule has 0 radical (unpaired) electrons. The third-order valence-electron chi connectivity index (χ3n) is 7.33. The quantitative estimate of drug-likeness (QED) is 0.285. The average molecular weight is 597 g/mol. The Hall–Kier alpha value is -4.58. The van der Waals surface area contributed by atoms with E-state index < -0.39 is 0 Å². The molecule has 4 aromatic rings. The Morgan fingerprint density at radius 2 is 1.72 bits per heavy atom. The molecule has 5 heterocycles. The lowest BCUT2D eigenvalue weighted by Gasteiger charge is -2.36. The van der Waals surface area contributed by atoms with Gasteiger partial charge in [-0.1, -0.05) is 18.2 Å². The van der Waals surface area contributed by atoms with Crippen LogP contribution in [0.4, 0.5) is 17.3 Å². The highest BCUT2D eigenvalue weighted by Crippen LogP contribution is 2.23. The monoisotopic (exact) mass is 596 g/mol. The normalized spacial score (nSPS) is 16.7. The van der Waals surface area contributed by atoms with Crippen LogP contribution in [0.3, 0.4) is 0 Å². The maximum Gasteiger partial charge on any atom is 0.319 e. The molecule has 1 aromatic carbocycles. The van der Waals surface area contributed by atoms with Gasteiger partial charge < -0.3 is 19.9 Å². The number of hydrogen-bond acceptors (Lipinski definition) is 11. The number of aryl methyl sites for hydroxylation is 1. The molecule has 12 heteroatoms. The van der Waals surface area contributed by atoms with E-state index in [2.05, 4.69) is 59.4 Å². The Morgan fingerprint density at radius 1 is 0.953 bits per heavy atom. The predicted octanol–water partition coefficient (Wildman–Crippen LogP) is 3.67. The van der Waals surface area contributed by atoms with E-state index in [1.54, 1.807) is 18.5 Å². The zero-order chi connectivity index (χ0) is 29.6. The van der Waals surface area contributed by atoms with Gasteiger partial charge in [0.25, 0.3) is 0 Å². The number of nitrogens with one attached hydrogen (secondary N) is 1. The Labute approximate surface area is 254 Å². The highest BCUT2D eigenvalue weighted by atomic mass is 32.2. The fraction of sp³-hybridized carbons (Fsp3) is 0.323. The molecule has 2 aliphatic heterocycles. The molecule has 43 heavy (non-hydrogen) atoms. The summed E-state index contributed by atoms with van der Waals surface area (Å²) in [6, 6.07) is 17.8. The van der Waals surface area contributed by atoms with Gasteiger partial charge in [-0.05, 0) is 48.9 Å². The number of rotatable bonds is 9. The first-order valence-electron chi connectivity index (χ1n) is 14.3. The van der Waals surface area contributed by atoms with Crippen LogP contribution in [-0.2, 0) is 20.7 Å². The molecule has 11 nitrogen and oxygen atoms in total. The van der Waals surface area contributed by atoms with E-state index in [0.717, 1.165) is 30.0 Å². The van der Waals surface area contributed by atoms with Gasteiger partial charge in [0.1, 0.15) is 28.4 Å². The van der Waals surface area contributed by atoms with Gasteiger partial charge >= 0.3 is 5.97 Å². The van der Waals surface area contributed by atoms with Crippen molar-refractivity contribution in [1.82, 2.24) is 29.8 Å². The van der Waals surface area contributed by atoms with Crippen molar-refractivity contribution in [3.63, 3.8) is 0 Å². The highest BCUT2D eigenvalue weighted by molar-refractivity contribution is 8.01. The number of cyclic esters (lactones) is 1. The third kappa shape index (κ3) is 7.26. The maximum atomic E-state index is 12.6. The minimum atomic E-state index is -0.207. The Balaban J connectivity index is 1.01. The second-order valence-electron chi connectivity index (χ2n) is 10.4. The SMILES string of the molecule is Cc1cccc(-c2nccc(Nc3ccnc(Cc4ccc(N5CCN(C(=O)CSC6CCOC6=O)CC5)cc4)n3)n2)n1. The number of nitrogens with zero attached hydrogens (tertiary/aromatic N) is 7. The first-order valence-corrected chi connectivity index (χ1v) is 15.3. The number of hydrogen-bond donors (Lipinski definition) is 1. The molecular weight excluding hydrogens is 564 g/mol. The number of ether oxygens (including phenoxy) is 1. The van der Waals surface area contributed by atoms with Crippen LogP contribution in [0, 0.1) is 6.92 Å². The summed E-state index contributed by atoms with van der Waals surface area (Å²) >= 11 is 1.39. The van der Waals surface area contributed by atoms with E-state index in [9.17, 15) is 9.59 Å². The van der Waals surface area contributed by atoms with E-state index >= 15 is 0 Å². The number of anilines is 3. The third-order valence-corrected chi connectivity index (χ3v) is 8.57. The molecule has 0 aliphatic carbocycles. The Morgan fingerprint density at radius 3 is 2.47 bits per heavy atom. The van der Waals surface area contributed by atoms with Crippen molar-refractivity contribution in [1.29, 1.82) is 0 Å². The summed E-state index contributed by atoms with van der Waals surface area (Å²) in [6.07, 6.45) is 4.71. The number of piperazine rings is 1. The van der Waals surface area contributed by atoms with Gasteiger partial charge in [-0.2, -0.15) is 0 Å². The van der Waals surface area contributed by atoms with Crippen LogP contribution in [0.25, 0.3) is 11.5 Å². The number of carbonyl (C=O) groups excluding carboxylic acids is 2. The highest BCUT2D eigenvalue weighted by Gasteiger charge is 2.29. The molecule has 0 saturated carbocycles. The molecular formula is C31H32N8O3S. The van der Waals surface area contributed by atoms with Gasteiger partial charge in [0.05, 0.1) is 12.4 Å². The number of pyridine rings is 1. The summed E-state index contributed by atoms with van der Waals surface area (Å²) in [5.41, 5.74) is 3.85. The van der Waals surface area contributed by atoms with Crippen LogP contribution in [-0.4, -0.2) is 85.5 Å². The number of esters is 1. The smallest absolute Gasteiger partial charge is 0.319 e.